The van der Waals surface area contributed by atoms with Crippen LogP contribution in [0, 0.1) is 23.7 Å². The molecule has 2 heterocycles. The minimum absolute atomic E-state index is 0.0804. The number of nitrogen functional groups attached to an aromatic ring is 1. The lowest BCUT2D eigenvalue weighted by Crippen LogP contribution is -2.47. The molecule has 4 aliphatic rings. The molecule has 5 rings (SSSR count). The Morgan fingerprint density at radius 3 is 2.45 bits per heavy atom. The van der Waals surface area contributed by atoms with Gasteiger partial charge in [0.2, 0.25) is 5.95 Å². The molecule has 10 heteroatoms. The Morgan fingerprint density at radius 1 is 0.925 bits per heavy atom. The summed E-state index contributed by atoms with van der Waals surface area (Å²) in [6, 6.07) is 2.70. The van der Waals surface area contributed by atoms with Gasteiger partial charge in [-0.15, -0.1) is 0 Å². The van der Waals surface area contributed by atoms with Crippen LogP contribution < -0.4 is 26.6 Å². The normalized spacial score (nSPS) is 28.8. The Bertz CT molecular complexity index is 875. The van der Waals surface area contributed by atoms with Gasteiger partial charge < -0.3 is 36.4 Å². The molecule has 1 unspecified atom stereocenters. The van der Waals surface area contributed by atoms with Gasteiger partial charge >= 0.3 is 0 Å². The Kier molecular flexibility index (Phi) is 11.5. The summed E-state index contributed by atoms with van der Waals surface area (Å²) in [6.07, 6.45) is 12.3. The van der Waals surface area contributed by atoms with E-state index in [0.29, 0.717) is 30.9 Å². The SMILES string of the molecule is Nc1cc(N2CCN(CCOCCO)CC2)nc(NCC2CCC(CNCCCNC3C[C@@H]4CC[C@H]3C4)CC2)n1. The highest BCUT2D eigenvalue weighted by Gasteiger charge is 2.38. The number of nitrogens with one attached hydrogen (secondary N) is 3. The molecule has 6 N–H and O–H groups in total. The average molecular weight is 559 g/mol. The number of anilines is 3. The molecule has 0 spiro atoms. The van der Waals surface area contributed by atoms with E-state index in [1.54, 1.807) is 0 Å². The highest BCUT2D eigenvalue weighted by atomic mass is 16.5. The summed E-state index contributed by atoms with van der Waals surface area (Å²) in [4.78, 5) is 14.0. The molecule has 3 aliphatic carbocycles. The first-order chi connectivity index (χ1) is 19.7. The van der Waals surface area contributed by atoms with Gasteiger partial charge in [-0.2, -0.15) is 9.97 Å². The number of rotatable bonds is 16. The van der Waals surface area contributed by atoms with Crippen molar-refractivity contribution in [1.29, 1.82) is 0 Å². The van der Waals surface area contributed by atoms with Crippen LogP contribution in [0.5, 0.6) is 0 Å². The maximum absolute atomic E-state index is 8.84. The highest BCUT2D eigenvalue weighted by Crippen LogP contribution is 2.44. The van der Waals surface area contributed by atoms with Gasteiger partial charge in [-0.1, -0.05) is 6.42 Å². The highest BCUT2D eigenvalue weighted by molar-refractivity contribution is 5.51. The van der Waals surface area contributed by atoms with Gasteiger partial charge in [0.05, 0.1) is 19.8 Å². The molecular formula is C30H54N8O2. The lowest BCUT2D eigenvalue weighted by Gasteiger charge is -2.35. The number of hydrogen-bond donors (Lipinski definition) is 5. The monoisotopic (exact) mass is 558 g/mol. The molecule has 4 fully saturated rings. The molecule has 1 aromatic rings. The molecule has 0 aromatic carbocycles. The summed E-state index contributed by atoms with van der Waals surface area (Å²) >= 11 is 0. The Balaban J connectivity index is 0.930. The van der Waals surface area contributed by atoms with Gasteiger partial charge in [0.15, 0.2) is 0 Å². The molecule has 2 bridgehead atoms. The van der Waals surface area contributed by atoms with Crippen LogP contribution in [0.2, 0.25) is 0 Å². The van der Waals surface area contributed by atoms with Crippen LogP contribution in [-0.2, 0) is 4.74 Å². The van der Waals surface area contributed by atoms with E-state index in [1.807, 2.05) is 6.07 Å². The van der Waals surface area contributed by atoms with Crippen LogP contribution in [0.1, 0.15) is 57.8 Å². The summed E-state index contributed by atoms with van der Waals surface area (Å²) in [7, 11) is 0. The summed E-state index contributed by atoms with van der Waals surface area (Å²) in [6.45, 7) is 10.2. The van der Waals surface area contributed by atoms with E-state index in [0.717, 1.165) is 75.4 Å². The van der Waals surface area contributed by atoms with Crippen LogP contribution in [0.4, 0.5) is 17.6 Å². The van der Waals surface area contributed by atoms with Crippen molar-refractivity contribution in [3.8, 4) is 0 Å². The average Bonchev–Trinajstić information content (AvgIpc) is 3.61. The Hall–Kier alpha value is -1.72. The molecule has 1 aromatic heterocycles. The van der Waals surface area contributed by atoms with Gasteiger partial charge in [-0.05, 0) is 94.7 Å². The topological polar surface area (TPSA) is 124 Å². The summed E-state index contributed by atoms with van der Waals surface area (Å²) in [5.41, 5.74) is 6.16. The first-order valence-electron chi connectivity index (χ1n) is 16.1. The third-order valence-electron chi connectivity index (χ3n) is 9.84. The van der Waals surface area contributed by atoms with Gasteiger partial charge in [-0.25, -0.2) is 0 Å². The fourth-order valence-electron chi connectivity index (χ4n) is 7.43. The summed E-state index contributed by atoms with van der Waals surface area (Å²) in [5.74, 6) is 5.57. The van der Waals surface area contributed by atoms with Crippen molar-refractivity contribution in [3.05, 3.63) is 6.07 Å². The fourth-order valence-corrected chi connectivity index (χ4v) is 7.43. The smallest absolute Gasteiger partial charge is 0.226 e. The van der Waals surface area contributed by atoms with E-state index in [4.69, 9.17) is 20.6 Å². The largest absolute Gasteiger partial charge is 0.394 e. The zero-order chi connectivity index (χ0) is 27.6. The van der Waals surface area contributed by atoms with E-state index < -0.39 is 0 Å². The molecule has 0 radical (unpaired) electrons. The molecule has 0 amide bonds. The van der Waals surface area contributed by atoms with Crippen molar-refractivity contribution in [2.45, 2.75) is 63.8 Å². The molecular weight excluding hydrogens is 504 g/mol. The van der Waals surface area contributed by atoms with Crippen molar-refractivity contribution in [1.82, 2.24) is 25.5 Å². The first-order valence-corrected chi connectivity index (χ1v) is 16.1. The Morgan fingerprint density at radius 2 is 1.73 bits per heavy atom. The molecule has 40 heavy (non-hydrogen) atoms. The molecule has 226 valence electrons. The lowest BCUT2D eigenvalue weighted by atomic mass is 9.82. The van der Waals surface area contributed by atoms with E-state index >= 15 is 0 Å². The number of nitrogens with two attached hydrogens (primary N) is 1. The van der Waals surface area contributed by atoms with Crippen LogP contribution in [-0.4, -0.2) is 105 Å². The predicted molar refractivity (Wildman–Crippen MR) is 162 cm³/mol. The van der Waals surface area contributed by atoms with E-state index in [-0.39, 0.29) is 6.61 Å². The van der Waals surface area contributed by atoms with E-state index in [9.17, 15) is 0 Å². The van der Waals surface area contributed by atoms with Crippen LogP contribution in [0.25, 0.3) is 0 Å². The standard InChI is InChI=1S/C30H54N8O2/c31-28-20-29(38-12-10-37(11-13-38)14-16-40-17-15-39)36-30(35-28)34-22-24-4-2-23(3-5-24)21-32-8-1-9-33-27-19-25-6-7-26(27)18-25/h20,23-27,32-33,39H,1-19,21-22H2,(H3,31,34,35,36)/t23?,24?,25-,26+,27?/m1/s1. The maximum Gasteiger partial charge on any atom is 0.226 e. The van der Waals surface area contributed by atoms with Crippen molar-refractivity contribution < 1.29 is 9.84 Å². The summed E-state index contributed by atoms with van der Waals surface area (Å²) < 4.78 is 5.41. The van der Waals surface area contributed by atoms with Gasteiger partial charge in [0.1, 0.15) is 11.6 Å². The quantitative estimate of drug-likeness (QED) is 0.193. The minimum Gasteiger partial charge on any atom is -0.394 e. The second-order valence-corrected chi connectivity index (χ2v) is 12.7. The number of hydrogen-bond acceptors (Lipinski definition) is 10. The van der Waals surface area contributed by atoms with Gasteiger partial charge in [0, 0.05) is 51.4 Å². The van der Waals surface area contributed by atoms with Crippen molar-refractivity contribution >= 4 is 17.6 Å². The van der Waals surface area contributed by atoms with Gasteiger partial charge in [0.25, 0.3) is 0 Å². The molecule has 3 saturated carbocycles. The molecule has 3 atom stereocenters. The minimum atomic E-state index is 0.0804. The number of piperazine rings is 1. The number of nitrogens with zero attached hydrogens (tertiary/aromatic N) is 4. The zero-order valence-corrected chi connectivity index (χ0v) is 24.5. The molecule has 1 saturated heterocycles. The Labute approximate surface area is 241 Å². The fraction of sp³-hybridized carbons (Fsp3) is 0.867. The predicted octanol–water partition coefficient (Wildman–Crippen LogP) is 2.17. The molecule has 1 aliphatic heterocycles. The summed E-state index contributed by atoms with van der Waals surface area (Å²) in [5, 5.41) is 19.9. The number of aromatic nitrogens is 2. The third-order valence-corrected chi connectivity index (χ3v) is 9.84. The molecule has 10 nitrogen and oxygen atoms in total. The first kappa shape index (κ1) is 29.8. The second kappa shape index (κ2) is 15.5. The number of aliphatic hydroxyl groups is 1. The zero-order valence-electron chi connectivity index (χ0n) is 24.5. The van der Waals surface area contributed by atoms with Crippen molar-refractivity contribution in [2.75, 3.05) is 94.7 Å². The maximum atomic E-state index is 8.84. The van der Waals surface area contributed by atoms with E-state index in [2.05, 4.69) is 30.7 Å². The third kappa shape index (κ3) is 8.89. The van der Waals surface area contributed by atoms with Crippen molar-refractivity contribution in [2.24, 2.45) is 23.7 Å². The van der Waals surface area contributed by atoms with Crippen LogP contribution in [0.15, 0.2) is 6.07 Å². The second-order valence-electron chi connectivity index (χ2n) is 12.7. The van der Waals surface area contributed by atoms with Gasteiger partial charge in [-0.3, -0.25) is 4.90 Å². The van der Waals surface area contributed by atoms with Crippen molar-refractivity contribution in [3.63, 3.8) is 0 Å². The van der Waals surface area contributed by atoms with Crippen LogP contribution >= 0.6 is 0 Å². The number of aliphatic hydroxyl groups excluding tert-OH is 1. The van der Waals surface area contributed by atoms with Crippen LogP contribution in [0.3, 0.4) is 0 Å². The number of fused-ring (bicyclic) bond motifs is 2. The number of ether oxygens (including phenoxy) is 1. The van der Waals surface area contributed by atoms with E-state index in [1.165, 1.54) is 70.9 Å². The lowest BCUT2D eigenvalue weighted by molar-refractivity contribution is 0.0724.